The van der Waals surface area contributed by atoms with Crippen LogP contribution in [0, 0.1) is 0 Å². The van der Waals surface area contributed by atoms with Gasteiger partial charge in [-0.3, -0.25) is 0 Å². The van der Waals surface area contributed by atoms with Crippen molar-refractivity contribution in [3.05, 3.63) is 0 Å². The van der Waals surface area contributed by atoms with E-state index in [2.05, 4.69) is 25.0 Å². The van der Waals surface area contributed by atoms with Crippen LogP contribution in [0.3, 0.4) is 0 Å². The smallest absolute Gasteiger partial charge is 0.102 e. The average molecular weight is 201 g/mol. The molecule has 1 N–H and O–H groups in total. The van der Waals surface area contributed by atoms with E-state index < -0.39 is 8.96 Å². The van der Waals surface area contributed by atoms with E-state index in [9.17, 15) is 0 Å². The highest BCUT2D eigenvalue weighted by Gasteiger charge is 1.93. The van der Waals surface area contributed by atoms with Gasteiger partial charge in [-0.2, -0.15) is 0 Å². The maximum absolute atomic E-state index is 3.59. The van der Waals surface area contributed by atoms with Crippen LogP contribution in [0.25, 0.3) is 0 Å². The second kappa shape index (κ2) is 10.3. The molecule has 0 fully saturated rings. The lowest BCUT2D eigenvalue weighted by Crippen LogP contribution is -2.27. The topological polar surface area (TPSA) is 12.0 Å². The van der Waals surface area contributed by atoms with E-state index in [4.69, 9.17) is 0 Å². The van der Waals surface area contributed by atoms with Gasteiger partial charge in [0.25, 0.3) is 0 Å². The first-order valence-corrected chi connectivity index (χ1v) is 8.89. The molecule has 0 bridgehead atoms. The molecule has 0 aromatic carbocycles. The van der Waals surface area contributed by atoms with Crippen LogP contribution in [0.5, 0.6) is 0 Å². The van der Waals surface area contributed by atoms with Gasteiger partial charge < -0.3 is 4.98 Å². The summed E-state index contributed by atoms with van der Waals surface area (Å²) in [6, 6.07) is 0. The van der Waals surface area contributed by atoms with E-state index in [1.807, 2.05) is 0 Å². The molecule has 0 aliphatic heterocycles. The minimum atomic E-state index is -0.490. The van der Waals surface area contributed by atoms with E-state index >= 15 is 0 Å². The molecule has 0 aromatic rings. The third kappa shape index (κ3) is 12.2. The van der Waals surface area contributed by atoms with Gasteiger partial charge in [0, 0.05) is 0 Å². The Morgan fingerprint density at radius 1 is 0.846 bits per heavy atom. The Morgan fingerprint density at radius 2 is 1.38 bits per heavy atom. The van der Waals surface area contributed by atoms with Crippen LogP contribution >= 0.6 is 0 Å². The van der Waals surface area contributed by atoms with E-state index in [1.54, 1.807) is 0 Å². The third-order valence-corrected chi connectivity index (χ3v) is 3.44. The van der Waals surface area contributed by atoms with Crippen molar-refractivity contribution in [2.45, 2.75) is 65.0 Å². The zero-order valence-corrected chi connectivity index (χ0v) is 10.9. The zero-order chi connectivity index (χ0) is 9.94. The lowest BCUT2D eigenvalue weighted by atomic mass is 10.1. The van der Waals surface area contributed by atoms with Crippen LogP contribution in [0.1, 0.15) is 51.9 Å². The lowest BCUT2D eigenvalue weighted by molar-refractivity contribution is 0.587. The summed E-state index contributed by atoms with van der Waals surface area (Å²) in [6.45, 7) is 8.23. The van der Waals surface area contributed by atoms with Crippen molar-refractivity contribution < 1.29 is 0 Å². The van der Waals surface area contributed by atoms with Gasteiger partial charge in [0.2, 0.25) is 0 Å². The van der Waals surface area contributed by atoms with Crippen molar-refractivity contribution in [2.75, 3.05) is 6.54 Å². The van der Waals surface area contributed by atoms with Crippen LogP contribution in [-0.4, -0.2) is 15.5 Å². The molecule has 0 amide bonds. The first-order valence-electron chi connectivity index (χ1n) is 6.00. The highest BCUT2D eigenvalue weighted by Crippen LogP contribution is 2.06. The second-order valence-corrected chi connectivity index (χ2v) is 6.95. The summed E-state index contributed by atoms with van der Waals surface area (Å²) in [4.78, 5) is 3.59. The highest BCUT2D eigenvalue weighted by atomic mass is 28.3. The van der Waals surface area contributed by atoms with E-state index in [1.165, 1.54) is 51.5 Å². The maximum atomic E-state index is 3.59. The third-order valence-electron chi connectivity index (χ3n) is 2.33. The zero-order valence-electron chi connectivity index (χ0n) is 9.73. The number of hydrogen-bond acceptors (Lipinski definition) is 1. The Bertz CT molecular complexity index is 94.1. The van der Waals surface area contributed by atoms with Crippen molar-refractivity contribution in [2.24, 2.45) is 0 Å². The van der Waals surface area contributed by atoms with Gasteiger partial charge in [0.15, 0.2) is 0 Å². The molecule has 13 heavy (non-hydrogen) atoms. The van der Waals surface area contributed by atoms with Crippen molar-refractivity contribution in [3.8, 4) is 0 Å². The van der Waals surface area contributed by atoms with Crippen LogP contribution in [-0.2, 0) is 0 Å². The molecule has 0 aliphatic carbocycles. The molecule has 0 heterocycles. The summed E-state index contributed by atoms with van der Waals surface area (Å²) in [5, 5.41) is 0. The molecule has 0 radical (unpaired) electrons. The van der Waals surface area contributed by atoms with E-state index in [0.29, 0.717) is 0 Å². The van der Waals surface area contributed by atoms with Crippen LogP contribution in [0.15, 0.2) is 0 Å². The quantitative estimate of drug-likeness (QED) is 0.446. The normalized spacial score (nSPS) is 11.1. The molecule has 0 saturated carbocycles. The number of unbranched alkanes of at least 4 members (excludes halogenated alkanes) is 6. The molecular formula is C11H27NSi. The molecule has 1 nitrogen and oxygen atoms in total. The monoisotopic (exact) mass is 201 g/mol. The predicted octanol–water partition coefficient (Wildman–Crippen LogP) is 3.31. The lowest BCUT2D eigenvalue weighted by Gasteiger charge is -2.06. The largest absolute Gasteiger partial charge is 0.340 e. The Morgan fingerprint density at radius 3 is 1.92 bits per heavy atom. The Kier molecular flexibility index (Phi) is 10.4. The van der Waals surface area contributed by atoms with Gasteiger partial charge in [0.1, 0.15) is 8.96 Å². The molecule has 0 aromatic heterocycles. The molecule has 80 valence electrons. The minimum absolute atomic E-state index is 0.490. The number of hydrogen-bond donors (Lipinski definition) is 1. The Labute approximate surface area is 86.0 Å². The van der Waals surface area contributed by atoms with E-state index in [0.717, 1.165) is 0 Å². The first-order chi connectivity index (χ1) is 6.27. The van der Waals surface area contributed by atoms with Crippen molar-refractivity contribution in [1.29, 1.82) is 0 Å². The SMILES string of the molecule is CCCCCCCCCN[SiH](C)C. The molecule has 0 atom stereocenters. The van der Waals surface area contributed by atoms with Gasteiger partial charge in [-0.05, 0) is 13.0 Å². The van der Waals surface area contributed by atoms with Gasteiger partial charge >= 0.3 is 0 Å². The van der Waals surface area contributed by atoms with Crippen molar-refractivity contribution >= 4 is 8.96 Å². The first kappa shape index (κ1) is 13.2. The highest BCUT2D eigenvalue weighted by molar-refractivity contribution is 6.52. The summed E-state index contributed by atoms with van der Waals surface area (Å²) < 4.78 is 0. The van der Waals surface area contributed by atoms with Crippen molar-refractivity contribution in [3.63, 3.8) is 0 Å². The summed E-state index contributed by atoms with van der Waals surface area (Å²) in [5.41, 5.74) is 0. The maximum Gasteiger partial charge on any atom is 0.102 e. The van der Waals surface area contributed by atoms with Gasteiger partial charge in [-0.15, -0.1) is 0 Å². The second-order valence-electron chi connectivity index (χ2n) is 4.23. The standard InChI is InChI=1S/C11H27NSi/c1-4-5-6-7-8-9-10-11-12-13(2)3/h12-13H,4-11H2,1-3H3. The molecule has 2 heteroatoms. The predicted molar refractivity (Wildman–Crippen MR) is 64.9 cm³/mol. The van der Waals surface area contributed by atoms with Gasteiger partial charge in [-0.1, -0.05) is 58.5 Å². The Balaban J connectivity index is 2.84. The summed E-state index contributed by atoms with van der Waals surface area (Å²) in [6.07, 6.45) is 9.95. The summed E-state index contributed by atoms with van der Waals surface area (Å²) >= 11 is 0. The van der Waals surface area contributed by atoms with Crippen LogP contribution in [0.2, 0.25) is 13.1 Å². The van der Waals surface area contributed by atoms with Crippen LogP contribution in [0.4, 0.5) is 0 Å². The fraction of sp³-hybridized carbons (Fsp3) is 1.00. The number of nitrogens with one attached hydrogen (secondary N) is 1. The summed E-state index contributed by atoms with van der Waals surface area (Å²) in [7, 11) is -0.490. The molecular weight excluding hydrogens is 174 g/mol. The molecule has 0 rings (SSSR count). The van der Waals surface area contributed by atoms with Gasteiger partial charge in [0.05, 0.1) is 0 Å². The number of rotatable bonds is 9. The van der Waals surface area contributed by atoms with Gasteiger partial charge in [-0.25, -0.2) is 0 Å². The van der Waals surface area contributed by atoms with E-state index in [-0.39, 0.29) is 0 Å². The summed E-state index contributed by atoms with van der Waals surface area (Å²) in [5.74, 6) is 0. The minimum Gasteiger partial charge on any atom is -0.340 e. The fourth-order valence-electron chi connectivity index (χ4n) is 1.47. The fourth-order valence-corrected chi connectivity index (χ4v) is 2.25. The Hall–Kier alpha value is 0.177. The molecule has 0 saturated heterocycles. The molecule has 0 spiro atoms. The molecule has 0 aliphatic rings. The average Bonchev–Trinajstić information content (AvgIpc) is 2.09. The molecule has 0 unspecified atom stereocenters. The van der Waals surface area contributed by atoms with Crippen LogP contribution < -0.4 is 4.98 Å². The van der Waals surface area contributed by atoms with Crippen molar-refractivity contribution in [1.82, 2.24) is 4.98 Å².